The molecule has 3 aromatic rings. The lowest BCUT2D eigenvalue weighted by molar-refractivity contribution is -0.123. The van der Waals surface area contributed by atoms with Crippen LogP contribution in [0.15, 0.2) is 66.7 Å². The van der Waals surface area contributed by atoms with Crippen LogP contribution in [-0.4, -0.2) is 38.5 Å². The van der Waals surface area contributed by atoms with Gasteiger partial charge in [-0.15, -0.1) is 0 Å². The number of fused-ring (bicyclic) bond motifs is 1. The van der Waals surface area contributed by atoms with Crippen LogP contribution in [0.25, 0.3) is 10.8 Å². The first-order chi connectivity index (χ1) is 15.0. The lowest BCUT2D eigenvalue weighted by atomic mass is 10.0. The lowest BCUT2D eigenvalue weighted by Crippen LogP contribution is -2.46. The zero-order chi connectivity index (χ0) is 22.2. The summed E-state index contributed by atoms with van der Waals surface area (Å²) in [6, 6.07) is 20.7. The number of carbonyl (C=O) groups is 2. The summed E-state index contributed by atoms with van der Waals surface area (Å²) in [4.78, 5) is 27.7. The van der Waals surface area contributed by atoms with Crippen molar-refractivity contribution >= 4 is 28.3 Å². The van der Waals surface area contributed by atoms with E-state index in [1.807, 2.05) is 73.6 Å². The standard InChI is InChI=1S/C25H30N4O2/c1-29(2)22-13-12-19-15-21(11-10-20(19)16-22)24(30)28-23(9-6-14-26)25(31)27-17-18-7-4-3-5-8-18/h3-5,7-8,10-13,15-16,23H,6,9,14,17,26H2,1-2H3,(H,27,31)(H,28,30)/t23-/m0/s1. The van der Waals surface area contributed by atoms with Crippen LogP contribution < -0.4 is 21.3 Å². The number of amides is 2. The second-order valence-electron chi connectivity index (χ2n) is 7.80. The van der Waals surface area contributed by atoms with Crippen LogP contribution in [0.4, 0.5) is 5.69 Å². The van der Waals surface area contributed by atoms with Crippen LogP contribution in [0.3, 0.4) is 0 Å². The Morgan fingerprint density at radius 3 is 2.39 bits per heavy atom. The molecule has 0 aliphatic rings. The maximum Gasteiger partial charge on any atom is 0.251 e. The zero-order valence-electron chi connectivity index (χ0n) is 18.1. The molecule has 0 saturated heterocycles. The summed E-state index contributed by atoms with van der Waals surface area (Å²) in [5.74, 6) is -0.475. The quantitative estimate of drug-likeness (QED) is 0.498. The highest BCUT2D eigenvalue weighted by atomic mass is 16.2. The van der Waals surface area contributed by atoms with Gasteiger partial charge in [-0.3, -0.25) is 9.59 Å². The molecule has 0 aliphatic carbocycles. The summed E-state index contributed by atoms with van der Waals surface area (Å²) in [7, 11) is 3.99. The molecule has 0 aromatic heterocycles. The van der Waals surface area contributed by atoms with Crippen molar-refractivity contribution in [3.63, 3.8) is 0 Å². The Morgan fingerprint density at radius 1 is 0.968 bits per heavy atom. The topological polar surface area (TPSA) is 87.5 Å². The van der Waals surface area contributed by atoms with Crippen LogP contribution in [0.1, 0.15) is 28.8 Å². The van der Waals surface area contributed by atoms with Crippen molar-refractivity contribution in [1.82, 2.24) is 10.6 Å². The third-order valence-corrected chi connectivity index (χ3v) is 5.23. The molecular formula is C25H30N4O2. The van der Waals surface area contributed by atoms with E-state index in [1.54, 1.807) is 6.07 Å². The third-order valence-electron chi connectivity index (χ3n) is 5.23. The Balaban J connectivity index is 1.70. The Hall–Kier alpha value is -3.38. The van der Waals surface area contributed by atoms with Crippen molar-refractivity contribution in [2.45, 2.75) is 25.4 Å². The van der Waals surface area contributed by atoms with Gasteiger partial charge in [-0.25, -0.2) is 0 Å². The van der Waals surface area contributed by atoms with Gasteiger partial charge in [0.1, 0.15) is 6.04 Å². The van der Waals surface area contributed by atoms with Gasteiger partial charge in [0.05, 0.1) is 0 Å². The summed E-state index contributed by atoms with van der Waals surface area (Å²) >= 11 is 0. The zero-order valence-corrected chi connectivity index (χ0v) is 18.1. The molecule has 4 N–H and O–H groups in total. The maximum atomic E-state index is 12.9. The van der Waals surface area contributed by atoms with Crippen LogP contribution in [0, 0.1) is 0 Å². The molecule has 2 amide bonds. The molecule has 0 heterocycles. The highest BCUT2D eigenvalue weighted by molar-refractivity contribution is 6.01. The molecular weight excluding hydrogens is 388 g/mol. The fourth-order valence-corrected chi connectivity index (χ4v) is 3.39. The Labute approximate surface area is 183 Å². The van der Waals surface area contributed by atoms with Crippen LogP contribution in [0.2, 0.25) is 0 Å². The molecule has 0 aliphatic heterocycles. The van der Waals surface area contributed by atoms with Crippen molar-refractivity contribution in [1.29, 1.82) is 0 Å². The van der Waals surface area contributed by atoms with Gasteiger partial charge in [-0.2, -0.15) is 0 Å². The molecule has 0 saturated carbocycles. The fraction of sp³-hybridized carbons (Fsp3) is 0.280. The van der Waals surface area contributed by atoms with Crippen LogP contribution >= 0.6 is 0 Å². The van der Waals surface area contributed by atoms with E-state index in [2.05, 4.69) is 16.7 Å². The second-order valence-corrected chi connectivity index (χ2v) is 7.80. The monoisotopic (exact) mass is 418 g/mol. The minimum Gasteiger partial charge on any atom is -0.378 e. The number of benzene rings is 3. The average molecular weight is 419 g/mol. The first-order valence-electron chi connectivity index (χ1n) is 10.5. The molecule has 6 heteroatoms. The predicted molar refractivity (Wildman–Crippen MR) is 126 cm³/mol. The van der Waals surface area contributed by atoms with Crippen LogP contribution in [-0.2, 0) is 11.3 Å². The first-order valence-corrected chi connectivity index (χ1v) is 10.5. The average Bonchev–Trinajstić information content (AvgIpc) is 2.79. The van der Waals surface area contributed by atoms with E-state index in [0.717, 1.165) is 22.0 Å². The number of rotatable bonds is 9. The largest absolute Gasteiger partial charge is 0.378 e. The van der Waals surface area contributed by atoms with Crippen molar-refractivity contribution in [2.75, 3.05) is 25.5 Å². The number of carbonyl (C=O) groups excluding carboxylic acids is 2. The van der Waals surface area contributed by atoms with Gasteiger partial charge in [-0.1, -0.05) is 42.5 Å². The number of hydrogen-bond acceptors (Lipinski definition) is 4. The van der Waals surface area contributed by atoms with Gasteiger partial charge in [-0.05, 0) is 60.0 Å². The fourth-order valence-electron chi connectivity index (χ4n) is 3.39. The van der Waals surface area contributed by atoms with Crippen molar-refractivity contribution in [3.8, 4) is 0 Å². The molecule has 0 bridgehead atoms. The summed E-state index contributed by atoms with van der Waals surface area (Å²) < 4.78 is 0. The van der Waals surface area contributed by atoms with Gasteiger partial charge >= 0.3 is 0 Å². The molecule has 3 rings (SSSR count). The third kappa shape index (κ3) is 6.06. The molecule has 0 fully saturated rings. The summed E-state index contributed by atoms with van der Waals surface area (Å²) in [6.07, 6.45) is 1.14. The van der Waals surface area contributed by atoms with Gasteiger partial charge in [0.25, 0.3) is 5.91 Å². The smallest absolute Gasteiger partial charge is 0.251 e. The van der Waals surface area contributed by atoms with Gasteiger partial charge in [0.2, 0.25) is 5.91 Å². The highest BCUT2D eigenvalue weighted by Crippen LogP contribution is 2.22. The number of nitrogens with two attached hydrogens (primary N) is 1. The van der Waals surface area contributed by atoms with Gasteiger partial charge < -0.3 is 21.3 Å². The second kappa shape index (κ2) is 10.6. The minimum atomic E-state index is -0.633. The molecule has 162 valence electrons. The number of nitrogens with zero attached hydrogens (tertiary/aromatic N) is 1. The van der Waals surface area contributed by atoms with E-state index in [1.165, 1.54) is 0 Å². The highest BCUT2D eigenvalue weighted by Gasteiger charge is 2.21. The maximum absolute atomic E-state index is 12.9. The molecule has 6 nitrogen and oxygen atoms in total. The van der Waals surface area contributed by atoms with Crippen molar-refractivity contribution in [3.05, 3.63) is 77.9 Å². The van der Waals surface area contributed by atoms with E-state index in [4.69, 9.17) is 5.73 Å². The number of nitrogens with one attached hydrogen (secondary N) is 2. The molecule has 31 heavy (non-hydrogen) atoms. The van der Waals surface area contributed by atoms with Gasteiger partial charge in [0, 0.05) is 31.9 Å². The summed E-state index contributed by atoms with van der Waals surface area (Å²) in [5.41, 5.74) is 8.26. The number of anilines is 1. The lowest BCUT2D eigenvalue weighted by Gasteiger charge is -2.19. The van der Waals surface area contributed by atoms with E-state index in [9.17, 15) is 9.59 Å². The number of hydrogen-bond donors (Lipinski definition) is 3. The van der Waals surface area contributed by atoms with E-state index >= 15 is 0 Å². The Kier molecular flexibility index (Phi) is 7.62. The van der Waals surface area contributed by atoms with E-state index in [-0.39, 0.29) is 11.8 Å². The first kappa shape index (κ1) is 22.3. The molecule has 0 unspecified atom stereocenters. The van der Waals surface area contributed by atoms with Crippen molar-refractivity contribution in [2.24, 2.45) is 5.73 Å². The molecule has 0 spiro atoms. The van der Waals surface area contributed by atoms with Crippen LogP contribution in [0.5, 0.6) is 0 Å². The van der Waals surface area contributed by atoms with E-state index in [0.29, 0.717) is 31.5 Å². The Morgan fingerprint density at radius 2 is 1.68 bits per heavy atom. The normalized spacial score (nSPS) is 11.7. The minimum absolute atomic E-state index is 0.206. The summed E-state index contributed by atoms with van der Waals surface area (Å²) in [5, 5.41) is 7.83. The predicted octanol–water partition coefficient (Wildman–Crippen LogP) is 3.06. The van der Waals surface area contributed by atoms with Gasteiger partial charge in [0.15, 0.2) is 0 Å². The summed E-state index contributed by atoms with van der Waals surface area (Å²) in [6.45, 7) is 0.876. The molecule has 1 atom stereocenters. The molecule has 3 aromatic carbocycles. The molecule has 0 radical (unpaired) electrons. The van der Waals surface area contributed by atoms with E-state index < -0.39 is 6.04 Å². The van der Waals surface area contributed by atoms with Crippen molar-refractivity contribution < 1.29 is 9.59 Å². The SMILES string of the molecule is CN(C)c1ccc2cc(C(=O)N[C@@H](CCCN)C(=O)NCc3ccccc3)ccc2c1. The Bertz CT molecular complexity index is 1030.